The van der Waals surface area contributed by atoms with E-state index in [0.29, 0.717) is 6.42 Å². The van der Waals surface area contributed by atoms with Crippen LogP contribution in [-0.4, -0.2) is 31.7 Å². The number of ether oxygens (including phenoxy) is 1. The molecule has 1 aromatic rings. The fourth-order valence-corrected chi connectivity index (χ4v) is 1.41. The van der Waals surface area contributed by atoms with Gasteiger partial charge in [0.25, 0.3) is 0 Å². The van der Waals surface area contributed by atoms with Crippen molar-refractivity contribution >= 4 is 11.8 Å². The smallest absolute Gasteiger partial charge is 0.305 e. The number of carbonyl (C=O) groups is 1. The predicted molar refractivity (Wildman–Crippen MR) is 63.5 cm³/mol. The minimum atomic E-state index is -0.161. The second-order valence-corrected chi connectivity index (χ2v) is 3.79. The molecule has 0 fully saturated rings. The molecular formula is C12H18N2O2. The first-order valence-corrected chi connectivity index (χ1v) is 5.34. The van der Waals surface area contributed by atoms with E-state index in [1.807, 2.05) is 31.0 Å². The highest BCUT2D eigenvalue weighted by Crippen LogP contribution is 2.10. The van der Waals surface area contributed by atoms with Crippen LogP contribution in [0.1, 0.15) is 18.4 Å². The highest BCUT2D eigenvalue weighted by Gasteiger charge is 2.04. The fourth-order valence-electron chi connectivity index (χ4n) is 1.41. The second-order valence-electron chi connectivity index (χ2n) is 3.79. The molecule has 0 aliphatic carbocycles. The zero-order valence-electron chi connectivity index (χ0n) is 10.1. The maximum Gasteiger partial charge on any atom is 0.305 e. The van der Waals surface area contributed by atoms with Gasteiger partial charge in [0.05, 0.1) is 7.11 Å². The molecule has 0 saturated carbocycles. The Kier molecular flexibility index (Phi) is 4.76. The molecule has 0 aromatic carbocycles. The molecule has 4 heteroatoms. The number of esters is 1. The molecule has 0 radical (unpaired) electrons. The average molecular weight is 222 g/mol. The van der Waals surface area contributed by atoms with Crippen LogP contribution < -0.4 is 4.90 Å². The number of methoxy groups -OCH3 is 1. The average Bonchev–Trinajstić information content (AvgIpc) is 2.28. The number of hydrogen-bond donors (Lipinski definition) is 0. The van der Waals surface area contributed by atoms with E-state index in [9.17, 15) is 4.79 Å². The predicted octanol–water partition coefficient (Wildman–Crippen LogP) is 1.78. The first-order valence-electron chi connectivity index (χ1n) is 5.34. The van der Waals surface area contributed by atoms with Crippen LogP contribution in [0, 0.1) is 6.92 Å². The van der Waals surface area contributed by atoms with Crippen LogP contribution in [0.5, 0.6) is 0 Å². The number of aryl methyl sites for hydroxylation is 1. The molecule has 0 unspecified atom stereocenters. The van der Waals surface area contributed by atoms with Gasteiger partial charge >= 0.3 is 5.97 Å². The van der Waals surface area contributed by atoms with Crippen LogP contribution >= 0.6 is 0 Å². The molecule has 0 saturated heterocycles. The Morgan fingerprint density at radius 3 is 2.94 bits per heavy atom. The largest absolute Gasteiger partial charge is 0.469 e. The number of nitrogens with zero attached hydrogens (tertiary/aromatic N) is 2. The third kappa shape index (κ3) is 3.88. The standard InChI is InChI=1S/C12H18N2O2/c1-10-6-7-13-11(9-10)14(2)8-4-5-12(15)16-3/h6-7,9H,4-5,8H2,1-3H3. The van der Waals surface area contributed by atoms with E-state index >= 15 is 0 Å². The Labute approximate surface area is 96.2 Å². The molecule has 0 aliphatic rings. The Balaban J connectivity index is 2.40. The van der Waals surface area contributed by atoms with E-state index in [1.54, 1.807) is 6.20 Å². The summed E-state index contributed by atoms with van der Waals surface area (Å²) in [6.07, 6.45) is 3.02. The molecular weight excluding hydrogens is 204 g/mol. The summed E-state index contributed by atoms with van der Waals surface area (Å²) < 4.78 is 4.58. The van der Waals surface area contributed by atoms with Crippen molar-refractivity contribution in [1.82, 2.24) is 4.98 Å². The zero-order valence-corrected chi connectivity index (χ0v) is 10.1. The quantitative estimate of drug-likeness (QED) is 0.712. The lowest BCUT2D eigenvalue weighted by atomic mass is 10.2. The van der Waals surface area contributed by atoms with Crippen LogP contribution in [0.15, 0.2) is 18.3 Å². The molecule has 0 N–H and O–H groups in total. The van der Waals surface area contributed by atoms with Gasteiger partial charge in [-0.15, -0.1) is 0 Å². The van der Waals surface area contributed by atoms with Gasteiger partial charge in [-0.2, -0.15) is 0 Å². The molecule has 88 valence electrons. The molecule has 1 heterocycles. The third-order valence-electron chi connectivity index (χ3n) is 2.39. The van der Waals surface area contributed by atoms with Crippen molar-refractivity contribution in [2.24, 2.45) is 0 Å². The van der Waals surface area contributed by atoms with E-state index in [0.717, 1.165) is 18.8 Å². The van der Waals surface area contributed by atoms with Crippen molar-refractivity contribution < 1.29 is 9.53 Å². The molecule has 1 aromatic heterocycles. The van der Waals surface area contributed by atoms with Gasteiger partial charge in [0.2, 0.25) is 0 Å². The minimum absolute atomic E-state index is 0.161. The second kappa shape index (κ2) is 6.10. The van der Waals surface area contributed by atoms with Gasteiger partial charge in [-0.25, -0.2) is 4.98 Å². The molecule has 1 rings (SSSR count). The van der Waals surface area contributed by atoms with Crippen LogP contribution in [0.2, 0.25) is 0 Å². The lowest BCUT2D eigenvalue weighted by molar-refractivity contribution is -0.140. The molecule has 0 amide bonds. The number of rotatable bonds is 5. The Hall–Kier alpha value is -1.58. The fraction of sp³-hybridized carbons (Fsp3) is 0.500. The summed E-state index contributed by atoms with van der Waals surface area (Å²) in [6, 6.07) is 3.99. The number of pyridine rings is 1. The highest BCUT2D eigenvalue weighted by atomic mass is 16.5. The summed E-state index contributed by atoms with van der Waals surface area (Å²) >= 11 is 0. The van der Waals surface area contributed by atoms with E-state index in [2.05, 4.69) is 9.72 Å². The Bertz CT molecular complexity index is 353. The van der Waals surface area contributed by atoms with Gasteiger partial charge in [-0.05, 0) is 31.0 Å². The maximum absolute atomic E-state index is 10.9. The Morgan fingerprint density at radius 1 is 1.56 bits per heavy atom. The van der Waals surface area contributed by atoms with E-state index in [1.165, 1.54) is 12.7 Å². The van der Waals surface area contributed by atoms with Gasteiger partial charge in [0, 0.05) is 26.2 Å². The monoisotopic (exact) mass is 222 g/mol. The van der Waals surface area contributed by atoms with E-state index in [4.69, 9.17) is 0 Å². The Morgan fingerprint density at radius 2 is 2.31 bits per heavy atom. The zero-order chi connectivity index (χ0) is 12.0. The van der Waals surface area contributed by atoms with Gasteiger partial charge in [-0.1, -0.05) is 0 Å². The van der Waals surface area contributed by atoms with Crippen molar-refractivity contribution in [3.8, 4) is 0 Å². The topological polar surface area (TPSA) is 42.4 Å². The van der Waals surface area contributed by atoms with Gasteiger partial charge in [-0.3, -0.25) is 4.79 Å². The van der Waals surface area contributed by atoms with E-state index in [-0.39, 0.29) is 5.97 Å². The van der Waals surface area contributed by atoms with Crippen molar-refractivity contribution in [2.75, 3.05) is 25.6 Å². The van der Waals surface area contributed by atoms with Gasteiger partial charge in [0.1, 0.15) is 5.82 Å². The highest BCUT2D eigenvalue weighted by molar-refractivity contribution is 5.69. The van der Waals surface area contributed by atoms with Crippen molar-refractivity contribution in [3.05, 3.63) is 23.9 Å². The molecule has 0 aliphatic heterocycles. The van der Waals surface area contributed by atoms with E-state index < -0.39 is 0 Å². The summed E-state index contributed by atoms with van der Waals surface area (Å²) in [5.41, 5.74) is 1.19. The van der Waals surface area contributed by atoms with Crippen molar-refractivity contribution in [3.63, 3.8) is 0 Å². The number of aromatic nitrogens is 1. The molecule has 0 atom stereocenters. The third-order valence-corrected chi connectivity index (χ3v) is 2.39. The lowest BCUT2D eigenvalue weighted by Gasteiger charge is -2.17. The maximum atomic E-state index is 10.9. The molecule has 16 heavy (non-hydrogen) atoms. The van der Waals surface area contributed by atoms with Crippen LogP contribution in [0.4, 0.5) is 5.82 Å². The molecule has 0 spiro atoms. The summed E-state index contributed by atoms with van der Waals surface area (Å²) in [5, 5.41) is 0. The first-order chi connectivity index (χ1) is 7.63. The molecule has 4 nitrogen and oxygen atoms in total. The minimum Gasteiger partial charge on any atom is -0.469 e. The first kappa shape index (κ1) is 12.5. The van der Waals surface area contributed by atoms with Crippen LogP contribution in [-0.2, 0) is 9.53 Å². The summed E-state index contributed by atoms with van der Waals surface area (Å²) in [4.78, 5) is 17.2. The van der Waals surface area contributed by atoms with Gasteiger partial charge in [0.15, 0.2) is 0 Å². The summed E-state index contributed by atoms with van der Waals surface area (Å²) in [6.45, 7) is 2.83. The lowest BCUT2D eigenvalue weighted by Crippen LogP contribution is -2.20. The number of hydrogen-bond acceptors (Lipinski definition) is 4. The number of anilines is 1. The summed E-state index contributed by atoms with van der Waals surface area (Å²) in [7, 11) is 3.38. The van der Waals surface area contributed by atoms with Crippen molar-refractivity contribution in [1.29, 1.82) is 0 Å². The molecule has 0 bridgehead atoms. The van der Waals surface area contributed by atoms with Crippen LogP contribution in [0.25, 0.3) is 0 Å². The SMILES string of the molecule is COC(=O)CCCN(C)c1cc(C)ccn1. The number of carbonyl (C=O) groups excluding carboxylic acids is 1. The normalized spacial score (nSPS) is 9.94. The van der Waals surface area contributed by atoms with Crippen LogP contribution in [0.3, 0.4) is 0 Å². The van der Waals surface area contributed by atoms with Crippen molar-refractivity contribution in [2.45, 2.75) is 19.8 Å². The summed E-state index contributed by atoms with van der Waals surface area (Å²) in [5.74, 6) is 0.774. The van der Waals surface area contributed by atoms with Gasteiger partial charge < -0.3 is 9.64 Å².